The molecule has 29 heavy (non-hydrogen) atoms. The minimum Gasteiger partial charge on any atom is -0.310 e. The number of fused-ring (bicyclic) bond motifs is 1. The summed E-state index contributed by atoms with van der Waals surface area (Å²) in [5, 5.41) is 4.88. The van der Waals surface area contributed by atoms with Crippen LogP contribution in [0.15, 0.2) is 47.5 Å². The standard InChI is InChI=1S/C19H18N4O5S/c24-17(21-16-3-1-2-8-20-16)12-6-9-23(10-7-12)29(27,28)13-4-5-14-15(11-13)19(26)22-18(14)25/h1-5,8,11-12H,6-7,9-10H2,(H,20,21,24)(H,22,25,26). The van der Waals surface area contributed by atoms with Crippen molar-refractivity contribution in [2.75, 3.05) is 18.4 Å². The van der Waals surface area contributed by atoms with E-state index < -0.39 is 21.8 Å². The Kier molecular flexibility index (Phi) is 4.89. The zero-order valence-electron chi connectivity index (χ0n) is 15.3. The molecular weight excluding hydrogens is 396 g/mol. The lowest BCUT2D eigenvalue weighted by molar-refractivity contribution is -0.120. The first-order valence-corrected chi connectivity index (χ1v) is 10.5. The highest BCUT2D eigenvalue weighted by atomic mass is 32.2. The lowest BCUT2D eigenvalue weighted by Gasteiger charge is -2.30. The number of carbonyl (C=O) groups excluding carboxylic acids is 3. The summed E-state index contributed by atoms with van der Waals surface area (Å²) in [5.74, 6) is -1.18. The number of imide groups is 1. The topological polar surface area (TPSA) is 126 Å². The fourth-order valence-corrected chi connectivity index (χ4v) is 4.98. The van der Waals surface area contributed by atoms with Gasteiger partial charge in [-0.1, -0.05) is 6.07 Å². The molecule has 3 amide bonds. The van der Waals surface area contributed by atoms with Gasteiger partial charge in [0.1, 0.15) is 5.82 Å². The summed E-state index contributed by atoms with van der Waals surface area (Å²) in [6, 6.07) is 9.10. The van der Waals surface area contributed by atoms with Crippen molar-refractivity contribution in [2.45, 2.75) is 17.7 Å². The van der Waals surface area contributed by atoms with E-state index in [-0.39, 0.29) is 40.9 Å². The normalized spacial score (nSPS) is 17.7. The molecule has 150 valence electrons. The van der Waals surface area contributed by atoms with E-state index in [1.807, 2.05) is 0 Å². The summed E-state index contributed by atoms with van der Waals surface area (Å²) in [4.78, 5) is 39.8. The second kappa shape index (κ2) is 7.37. The molecule has 0 aliphatic carbocycles. The summed E-state index contributed by atoms with van der Waals surface area (Å²) >= 11 is 0. The Morgan fingerprint density at radius 2 is 1.79 bits per heavy atom. The summed E-state index contributed by atoms with van der Waals surface area (Å²) < 4.78 is 27.2. The molecule has 1 aromatic carbocycles. The summed E-state index contributed by atoms with van der Waals surface area (Å²) in [6.45, 7) is 0.371. The fourth-order valence-electron chi connectivity index (χ4n) is 3.48. The third-order valence-corrected chi connectivity index (χ3v) is 6.98. The van der Waals surface area contributed by atoms with E-state index in [1.165, 1.54) is 22.5 Å². The van der Waals surface area contributed by atoms with E-state index in [0.717, 1.165) is 0 Å². The Bertz CT molecular complexity index is 1090. The number of nitrogens with zero attached hydrogens (tertiary/aromatic N) is 2. The molecule has 2 N–H and O–H groups in total. The highest BCUT2D eigenvalue weighted by molar-refractivity contribution is 7.89. The molecule has 2 aromatic rings. The predicted octanol–water partition coefficient (Wildman–Crippen LogP) is 1.00. The molecule has 0 saturated carbocycles. The van der Waals surface area contributed by atoms with Gasteiger partial charge in [-0.3, -0.25) is 19.7 Å². The summed E-state index contributed by atoms with van der Waals surface area (Å²) in [6.07, 6.45) is 2.33. The Morgan fingerprint density at radius 1 is 1.07 bits per heavy atom. The largest absolute Gasteiger partial charge is 0.310 e. The van der Waals surface area contributed by atoms with Crippen molar-refractivity contribution >= 4 is 33.6 Å². The van der Waals surface area contributed by atoms with Crippen LogP contribution in [-0.4, -0.2) is 48.5 Å². The average molecular weight is 414 g/mol. The van der Waals surface area contributed by atoms with E-state index in [2.05, 4.69) is 15.6 Å². The number of piperidine rings is 1. The molecule has 2 aliphatic rings. The predicted molar refractivity (Wildman–Crippen MR) is 103 cm³/mol. The Labute approximate surface area is 167 Å². The van der Waals surface area contributed by atoms with E-state index in [9.17, 15) is 22.8 Å². The van der Waals surface area contributed by atoms with Crippen LogP contribution < -0.4 is 10.6 Å². The minimum atomic E-state index is -3.83. The van der Waals surface area contributed by atoms with Crippen LogP contribution in [0, 0.1) is 5.92 Å². The van der Waals surface area contributed by atoms with Gasteiger partial charge in [0.25, 0.3) is 11.8 Å². The molecule has 1 saturated heterocycles. The number of hydrogen-bond acceptors (Lipinski definition) is 6. The number of benzene rings is 1. The molecule has 0 spiro atoms. The molecule has 0 atom stereocenters. The van der Waals surface area contributed by atoms with Gasteiger partial charge in [-0.05, 0) is 43.2 Å². The van der Waals surface area contributed by atoms with Gasteiger partial charge >= 0.3 is 0 Å². The molecule has 1 aromatic heterocycles. The minimum absolute atomic E-state index is 0.0440. The molecular formula is C19H18N4O5S. The first kappa shape index (κ1) is 19.2. The molecule has 0 bridgehead atoms. The number of pyridine rings is 1. The molecule has 0 radical (unpaired) electrons. The number of amides is 3. The van der Waals surface area contributed by atoms with Crippen LogP contribution in [0.1, 0.15) is 33.6 Å². The maximum Gasteiger partial charge on any atom is 0.258 e. The average Bonchev–Trinajstić information content (AvgIpc) is 3.02. The lowest BCUT2D eigenvalue weighted by Crippen LogP contribution is -2.41. The zero-order valence-corrected chi connectivity index (χ0v) is 16.1. The summed E-state index contributed by atoms with van der Waals surface area (Å²) in [7, 11) is -3.83. The van der Waals surface area contributed by atoms with Crippen LogP contribution >= 0.6 is 0 Å². The SMILES string of the molecule is O=C1NC(=O)c2cc(S(=O)(=O)N3CCC(C(=O)Nc4ccccn4)CC3)ccc21. The van der Waals surface area contributed by atoms with Crippen LogP contribution in [0.25, 0.3) is 0 Å². The highest BCUT2D eigenvalue weighted by Crippen LogP contribution is 2.27. The molecule has 4 rings (SSSR count). The Balaban J connectivity index is 1.44. The molecule has 2 aliphatic heterocycles. The summed E-state index contributed by atoms with van der Waals surface area (Å²) in [5.41, 5.74) is 0.222. The molecule has 9 nitrogen and oxygen atoms in total. The maximum absolute atomic E-state index is 12.9. The van der Waals surface area contributed by atoms with E-state index in [1.54, 1.807) is 24.4 Å². The Morgan fingerprint density at radius 3 is 2.48 bits per heavy atom. The fraction of sp³-hybridized carbons (Fsp3) is 0.263. The number of nitrogens with one attached hydrogen (secondary N) is 2. The highest BCUT2D eigenvalue weighted by Gasteiger charge is 2.34. The van der Waals surface area contributed by atoms with Crippen molar-refractivity contribution in [2.24, 2.45) is 5.92 Å². The second-order valence-electron chi connectivity index (χ2n) is 6.87. The smallest absolute Gasteiger partial charge is 0.258 e. The van der Waals surface area contributed by atoms with Crippen molar-refractivity contribution in [3.8, 4) is 0 Å². The van der Waals surface area contributed by atoms with Gasteiger partial charge in [0.2, 0.25) is 15.9 Å². The van der Waals surface area contributed by atoms with E-state index in [0.29, 0.717) is 18.7 Å². The van der Waals surface area contributed by atoms with Gasteiger partial charge in [-0.25, -0.2) is 13.4 Å². The van der Waals surface area contributed by atoms with Gasteiger partial charge in [0.15, 0.2) is 0 Å². The van der Waals surface area contributed by atoms with E-state index in [4.69, 9.17) is 0 Å². The zero-order chi connectivity index (χ0) is 20.6. The van der Waals surface area contributed by atoms with E-state index >= 15 is 0 Å². The van der Waals surface area contributed by atoms with Crippen molar-refractivity contribution in [1.82, 2.24) is 14.6 Å². The molecule has 3 heterocycles. The van der Waals surface area contributed by atoms with Gasteiger partial charge in [0.05, 0.1) is 16.0 Å². The van der Waals surface area contributed by atoms with Crippen molar-refractivity contribution in [3.05, 3.63) is 53.7 Å². The van der Waals surface area contributed by atoms with Crippen molar-refractivity contribution in [1.29, 1.82) is 0 Å². The number of hydrogen-bond donors (Lipinski definition) is 2. The van der Waals surface area contributed by atoms with Gasteiger partial charge in [-0.15, -0.1) is 0 Å². The first-order valence-electron chi connectivity index (χ1n) is 9.08. The van der Waals surface area contributed by atoms with Crippen molar-refractivity contribution in [3.63, 3.8) is 0 Å². The molecule has 10 heteroatoms. The van der Waals surface area contributed by atoms with Crippen molar-refractivity contribution < 1.29 is 22.8 Å². The Hall–Kier alpha value is -3.11. The number of anilines is 1. The third kappa shape index (κ3) is 3.64. The van der Waals surface area contributed by atoms with Crippen LogP contribution in [0.5, 0.6) is 0 Å². The number of sulfonamides is 1. The number of carbonyl (C=O) groups is 3. The van der Waals surface area contributed by atoms with Gasteiger partial charge in [-0.2, -0.15) is 4.31 Å². The second-order valence-corrected chi connectivity index (χ2v) is 8.81. The van der Waals surface area contributed by atoms with Gasteiger partial charge < -0.3 is 5.32 Å². The lowest BCUT2D eigenvalue weighted by atomic mass is 9.97. The van der Waals surface area contributed by atoms with Gasteiger partial charge in [0, 0.05) is 25.2 Å². The van der Waals surface area contributed by atoms with Crippen LogP contribution in [0.2, 0.25) is 0 Å². The molecule has 1 fully saturated rings. The van der Waals surface area contributed by atoms with Crippen LogP contribution in [0.3, 0.4) is 0 Å². The van der Waals surface area contributed by atoms with Crippen LogP contribution in [-0.2, 0) is 14.8 Å². The number of aromatic nitrogens is 1. The maximum atomic E-state index is 12.9. The first-order chi connectivity index (χ1) is 13.9. The monoisotopic (exact) mass is 414 g/mol. The third-order valence-electron chi connectivity index (χ3n) is 5.09. The number of rotatable bonds is 4. The molecule has 0 unspecified atom stereocenters. The quantitative estimate of drug-likeness (QED) is 0.719. The van der Waals surface area contributed by atoms with Crippen LogP contribution in [0.4, 0.5) is 5.82 Å².